The zero-order valence-electron chi connectivity index (χ0n) is 9.56. The molecule has 0 aliphatic carbocycles. The molecule has 0 spiro atoms. The lowest BCUT2D eigenvalue weighted by Gasteiger charge is -2.07. The lowest BCUT2D eigenvalue weighted by atomic mass is 10.2. The molecule has 2 aromatic rings. The number of hydrogen-bond donors (Lipinski definition) is 2. The zero-order valence-corrected chi connectivity index (χ0v) is 9.56. The Kier molecular flexibility index (Phi) is 3.52. The molecule has 0 aliphatic heterocycles. The Morgan fingerprint density at radius 2 is 2.06 bits per heavy atom. The molecule has 0 fully saturated rings. The van der Waals surface area contributed by atoms with Gasteiger partial charge in [-0.3, -0.25) is 4.79 Å². The van der Waals surface area contributed by atoms with Gasteiger partial charge in [0.15, 0.2) is 0 Å². The van der Waals surface area contributed by atoms with E-state index in [9.17, 15) is 9.18 Å². The van der Waals surface area contributed by atoms with Crippen LogP contribution >= 0.6 is 0 Å². The monoisotopic (exact) mass is 245 g/mol. The van der Waals surface area contributed by atoms with Gasteiger partial charge < -0.3 is 11.1 Å². The summed E-state index contributed by atoms with van der Waals surface area (Å²) in [7, 11) is 0. The van der Waals surface area contributed by atoms with E-state index in [1.807, 2.05) is 0 Å². The minimum atomic E-state index is -0.371. The number of amides is 1. The molecule has 0 unspecified atom stereocenters. The molecule has 1 aromatic carbocycles. The molecule has 1 aromatic heterocycles. The van der Waals surface area contributed by atoms with Crippen LogP contribution in [0.3, 0.4) is 0 Å². The first-order valence-corrected chi connectivity index (χ1v) is 5.40. The first-order valence-electron chi connectivity index (χ1n) is 5.40. The largest absolute Gasteiger partial charge is 0.383 e. The summed E-state index contributed by atoms with van der Waals surface area (Å²) in [5.41, 5.74) is 6.28. The maximum atomic E-state index is 13.3. The van der Waals surface area contributed by atoms with Crippen molar-refractivity contribution in [2.24, 2.45) is 0 Å². The van der Waals surface area contributed by atoms with Gasteiger partial charge in [0.2, 0.25) is 0 Å². The Balaban J connectivity index is 2.06. The van der Waals surface area contributed by atoms with Crippen LogP contribution in [0, 0.1) is 5.82 Å². The number of nitrogens with one attached hydrogen (secondary N) is 1. The fourth-order valence-corrected chi connectivity index (χ4v) is 1.52. The van der Waals surface area contributed by atoms with Gasteiger partial charge in [-0.2, -0.15) is 0 Å². The lowest BCUT2D eigenvalue weighted by Crippen LogP contribution is -2.24. The second-order valence-corrected chi connectivity index (χ2v) is 3.71. The second kappa shape index (κ2) is 5.27. The number of nitrogen functional groups attached to an aromatic ring is 1. The average Bonchev–Trinajstić information content (AvgIpc) is 2.38. The maximum absolute atomic E-state index is 13.3. The summed E-state index contributed by atoms with van der Waals surface area (Å²) in [5.74, 6) is -0.565. The van der Waals surface area contributed by atoms with Crippen LogP contribution in [0.25, 0.3) is 0 Å². The molecule has 0 saturated carbocycles. The van der Waals surface area contributed by atoms with Gasteiger partial charge in [0.05, 0.1) is 5.56 Å². The van der Waals surface area contributed by atoms with Gasteiger partial charge in [0, 0.05) is 18.3 Å². The Hall–Kier alpha value is -2.43. The molecule has 0 radical (unpaired) electrons. The van der Waals surface area contributed by atoms with Gasteiger partial charge in [-0.05, 0) is 18.2 Å². The van der Waals surface area contributed by atoms with Crippen LogP contribution in [0.2, 0.25) is 0 Å². The molecule has 18 heavy (non-hydrogen) atoms. The van der Waals surface area contributed by atoms with Crippen LogP contribution in [0.1, 0.15) is 15.9 Å². The summed E-state index contributed by atoms with van der Waals surface area (Å²) in [6.07, 6.45) is 1.50. The number of aromatic nitrogens is 1. The maximum Gasteiger partial charge on any atom is 0.255 e. The highest BCUT2D eigenvalue weighted by Gasteiger charge is 2.10. The van der Waals surface area contributed by atoms with Gasteiger partial charge in [0.25, 0.3) is 5.91 Å². The third-order valence-corrected chi connectivity index (χ3v) is 2.48. The fourth-order valence-electron chi connectivity index (χ4n) is 1.52. The molecule has 3 N–H and O–H groups in total. The van der Waals surface area contributed by atoms with E-state index >= 15 is 0 Å². The van der Waals surface area contributed by atoms with E-state index in [2.05, 4.69) is 10.3 Å². The number of nitrogens with two attached hydrogens (primary N) is 1. The third kappa shape index (κ3) is 2.63. The van der Waals surface area contributed by atoms with Crippen molar-refractivity contribution in [1.82, 2.24) is 10.3 Å². The molecule has 5 heteroatoms. The fraction of sp³-hybridized carbons (Fsp3) is 0.0769. The van der Waals surface area contributed by atoms with Crippen LogP contribution in [0.5, 0.6) is 0 Å². The highest BCUT2D eigenvalue weighted by atomic mass is 19.1. The SMILES string of the molecule is Nc1ncccc1C(=O)NCc1ccccc1F. The number of hydrogen-bond acceptors (Lipinski definition) is 3. The van der Waals surface area contributed by atoms with Crippen LogP contribution in [-0.2, 0) is 6.54 Å². The summed E-state index contributed by atoms with van der Waals surface area (Å²) in [6, 6.07) is 9.46. The quantitative estimate of drug-likeness (QED) is 0.865. The van der Waals surface area contributed by atoms with Crippen LogP contribution in [-0.4, -0.2) is 10.9 Å². The predicted molar refractivity (Wildman–Crippen MR) is 66.2 cm³/mol. The Morgan fingerprint density at radius 3 is 2.78 bits per heavy atom. The van der Waals surface area contributed by atoms with Crippen molar-refractivity contribution >= 4 is 11.7 Å². The van der Waals surface area contributed by atoms with Crippen molar-refractivity contribution in [1.29, 1.82) is 0 Å². The second-order valence-electron chi connectivity index (χ2n) is 3.71. The van der Waals surface area contributed by atoms with E-state index in [4.69, 9.17) is 5.73 Å². The molecule has 1 heterocycles. The van der Waals surface area contributed by atoms with E-state index in [-0.39, 0.29) is 29.7 Å². The molecule has 1 amide bonds. The van der Waals surface area contributed by atoms with Gasteiger partial charge in [-0.1, -0.05) is 18.2 Å². The highest BCUT2D eigenvalue weighted by Crippen LogP contribution is 2.09. The van der Waals surface area contributed by atoms with Crippen molar-refractivity contribution in [3.8, 4) is 0 Å². The topological polar surface area (TPSA) is 68.0 Å². The minimum absolute atomic E-state index is 0.111. The number of nitrogens with zero attached hydrogens (tertiary/aromatic N) is 1. The molecule has 0 atom stereocenters. The zero-order chi connectivity index (χ0) is 13.0. The van der Waals surface area contributed by atoms with Crippen molar-refractivity contribution in [3.05, 3.63) is 59.5 Å². The highest BCUT2D eigenvalue weighted by molar-refractivity contribution is 5.98. The standard InChI is InChI=1S/C13H12FN3O/c14-11-6-2-1-4-9(11)8-17-13(18)10-5-3-7-16-12(10)15/h1-7H,8H2,(H2,15,16)(H,17,18). The lowest BCUT2D eigenvalue weighted by molar-refractivity contribution is 0.0951. The van der Waals surface area contributed by atoms with E-state index in [1.54, 1.807) is 30.3 Å². The number of halogens is 1. The summed E-state index contributed by atoms with van der Waals surface area (Å²) in [6.45, 7) is 0.111. The van der Waals surface area contributed by atoms with Crippen LogP contribution < -0.4 is 11.1 Å². The number of pyridine rings is 1. The normalized spacial score (nSPS) is 10.1. The smallest absolute Gasteiger partial charge is 0.255 e. The van der Waals surface area contributed by atoms with Crippen molar-refractivity contribution in [2.45, 2.75) is 6.54 Å². The Bertz CT molecular complexity index is 572. The molecule has 2 rings (SSSR count). The third-order valence-electron chi connectivity index (χ3n) is 2.48. The Morgan fingerprint density at radius 1 is 1.28 bits per heavy atom. The van der Waals surface area contributed by atoms with E-state index in [0.29, 0.717) is 5.56 Å². The molecular formula is C13H12FN3O. The van der Waals surface area contributed by atoms with Gasteiger partial charge in [-0.25, -0.2) is 9.37 Å². The number of benzene rings is 1. The van der Waals surface area contributed by atoms with Crippen LogP contribution in [0.15, 0.2) is 42.6 Å². The summed E-state index contributed by atoms with van der Waals surface area (Å²) >= 11 is 0. The van der Waals surface area contributed by atoms with E-state index in [0.717, 1.165) is 0 Å². The van der Waals surface area contributed by atoms with Crippen molar-refractivity contribution < 1.29 is 9.18 Å². The number of anilines is 1. The average molecular weight is 245 g/mol. The summed E-state index contributed by atoms with van der Waals surface area (Å²) in [5, 5.41) is 2.60. The molecule has 0 bridgehead atoms. The van der Waals surface area contributed by atoms with Gasteiger partial charge >= 0.3 is 0 Å². The predicted octanol–water partition coefficient (Wildman–Crippen LogP) is 1.73. The molecule has 4 nitrogen and oxygen atoms in total. The first-order chi connectivity index (χ1) is 8.68. The van der Waals surface area contributed by atoms with E-state index in [1.165, 1.54) is 12.3 Å². The number of carbonyl (C=O) groups excluding carboxylic acids is 1. The van der Waals surface area contributed by atoms with Gasteiger partial charge in [0.1, 0.15) is 11.6 Å². The van der Waals surface area contributed by atoms with Crippen molar-refractivity contribution in [3.63, 3.8) is 0 Å². The van der Waals surface area contributed by atoms with Gasteiger partial charge in [-0.15, -0.1) is 0 Å². The molecule has 0 aliphatic rings. The Labute approximate surface area is 104 Å². The van der Waals surface area contributed by atoms with Crippen molar-refractivity contribution in [2.75, 3.05) is 5.73 Å². The number of rotatable bonds is 3. The molecular weight excluding hydrogens is 233 g/mol. The first kappa shape index (κ1) is 12.0. The minimum Gasteiger partial charge on any atom is -0.383 e. The summed E-state index contributed by atoms with van der Waals surface area (Å²) in [4.78, 5) is 15.6. The molecule has 92 valence electrons. The number of carbonyl (C=O) groups is 1. The van der Waals surface area contributed by atoms with Crippen LogP contribution in [0.4, 0.5) is 10.2 Å². The summed E-state index contributed by atoms with van der Waals surface area (Å²) < 4.78 is 13.3. The molecule has 0 saturated heterocycles. The van der Waals surface area contributed by atoms with E-state index < -0.39 is 0 Å².